The van der Waals surface area contributed by atoms with Gasteiger partial charge < -0.3 is 20.4 Å². The van der Waals surface area contributed by atoms with Gasteiger partial charge in [0.25, 0.3) is 5.91 Å². The second-order valence-corrected chi connectivity index (χ2v) is 10.3. The summed E-state index contributed by atoms with van der Waals surface area (Å²) < 4.78 is 56.5. The van der Waals surface area contributed by atoms with Crippen molar-refractivity contribution in [3.05, 3.63) is 89.1 Å². The highest BCUT2D eigenvalue weighted by atomic mass is 19.4. The second-order valence-electron chi connectivity index (χ2n) is 10.3. The van der Waals surface area contributed by atoms with Crippen LogP contribution in [0, 0.1) is 5.82 Å². The first-order valence-electron chi connectivity index (χ1n) is 13.1. The highest BCUT2D eigenvalue weighted by molar-refractivity contribution is 6.07. The van der Waals surface area contributed by atoms with E-state index in [1.54, 1.807) is 36.1 Å². The van der Waals surface area contributed by atoms with Gasteiger partial charge in [-0.1, -0.05) is 12.1 Å². The molecule has 12 heteroatoms. The van der Waals surface area contributed by atoms with Crippen molar-refractivity contribution >= 4 is 34.0 Å². The molecule has 0 aliphatic carbocycles. The topological polar surface area (TPSA) is 78.3 Å². The van der Waals surface area contributed by atoms with Gasteiger partial charge >= 0.3 is 6.18 Å². The Hall–Kier alpha value is -4.45. The van der Waals surface area contributed by atoms with E-state index in [1.165, 1.54) is 6.07 Å². The van der Waals surface area contributed by atoms with Crippen molar-refractivity contribution in [2.24, 2.45) is 0 Å². The van der Waals surface area contributed by atoms with Crippen LogP contribution in [-0.4, -0.2) is 58.8 Å². The van der Waals surface area contributed by atoms with Gasteiger partial charge in [0.2, 0.25) is 0 Å². The maximum absolute atomic E-state index is 14.8. The minimum atomic E-state index is -4.85. The average Bonchev–Trinajstić information content (AvgIpc) is 3.35. The van der Waals surface area contributed by atoms with Crippen molar-refractivity contribution < 1.29 is 22.4 Å². The number of allylic oxidation sites excluding steroid dienone is 1. The molecule has 1 unspecified atom stereocenters. The number of halogens is 4. The van der Waals surface area contributed by atoms with Crippen molar-refractivity contribution in [2.45, 2.75) is 19.1 Å². The molecule has 1 amide bonds. The van der Waals surface area contributed by atoms with Crippen LogP contribution < -0.4 is 15.5 Å². The number of fused-ring (bicyclic) bond motifs is 2. The monoisotopic (exact) mass is 565 g/mol. The number of anilines is 3. The van der Waals surface area contributed by atoms with Crippen LogP contribution in [-0.2, 0) is 11.0 Å². The highest BCUT2D eigenvalue weighted by Crippen LogP contribution is 2.40. The van der Waals surface area contributed by atoms with E-state index in [1.807, 2.05) is 25.2 Å². The zero-order chi connectivity index (χ0) is 28.9. The SMILES string of the molecule is CC1=C(C(=O)Nc2ccc3cnccc3c2)C(c2ccc(C(F)(F)F)c(F)c2)n2nc(N3CCN(C)CC3)cc2N1. The molecule has 2 N–H and O–H groups in total. The summed E-state index contributed by atoms with van der Waals surface area (Å²) in [7, 11) is 2.04. The number of hydrogen-bond acceptors (Lipinski definition) is 6. The normalized spacial score (nSPS) is 17.9. The molecule has 41 heavy (non-hydrogen) atoms. The number of carbonyl (C=O) groups is 1. The number of rotatable bonds is 4. The van der Waals surface area contributed by atoms with Crippen LogP contribution in [0.5, 0.6) is 0 Å². The Labute approximate surface area is 233 Å². The molecule has 2 aliphatic rings. The Morgan fingerprint density at radius 3 is 2.54 bits per heavy atom. The van der Waals surface area contributed by atoms with Crippen LogP contribution in [0.25, 0.3) is 10.8 Å². The summed E-state index contributed by atoms with van der Waals surface area (Å²) in [6.07, 6.45) is -1.48. The molecule has 8 nitrogen and oxygen atoms in total. The van der Waals surface area contributed by atoms with E-state index in [9.17, 15) is 22.4 Å². The quantitative estimate of drug-likeness (QED) is 0.329. The molecule has 2 aliphatic heterocycles. The fourth-order valence-corrected chi connectivity index (χ4v) is 5.34. The molecule has 1 saturated heterocycles. The standard InChI is InChI=1S/C29H27F4N7O/c1-17-26(28(41)36-21-5-3-20-16-34-8-7-18(20)13-21)27(19-4-6-22(23(30)14-19)29(31,32)33)40-24(35-17)15-25(37-40)39-11-9-38(2)10-12-39/h3-8,13-16,27,35H,9-12H2,1-2H3,(H,36,41). The number of carbonyl (C=O) groups excluding carboxylic acids is 1. The number of likely N-dealkylation sites (N-methyl/N-ethyl adjacent to an activating group) is 1. The summed E-state index contributed by atoms with van der Waals surface area (Å²) in [4.78, 5) is 22.2. The van der Waals surface area contributed by atoms with Gasteiger partial charge in [-0.15, -0.1) is 0 Å². The van der Waals surface area contributed by atoms with E-state index in [0.717, 1.165) is 43.0 Å². The van der Waals surface area contributed by atoms with Crippen molar-refractivity contribution in [3.8, 4) is 0 Å². The highest BCUT2D eigenvalue weighted by Gasteiger charge is 2.38. The fraction of sp³-hybridized carbons (Fsp3) is 0.276. The summed E-state index contributed by atoms with van der Waals surface area (Å²) in [6.45, 7) is 4.87. The Balaban J connectivity index is 1.41. The first-order chi connectivity index (χ1) is 19.6. The number of piperazine rings is 1. The number of nitrogens with one attached hydrogen (secondary N) is 2. The predicted octanol–water partition coefficient (Wildman–Crippen LogP) is 5.27. The number of alkyl halides is 3. The predicted molar refractivity (Wildman–Crippen MR) is 148 cm³/mol. The van der Waals surface area contributed by atoms with Crippen LogP contribution in [0.1, 0.15) is 24.1 Å². The minimum absolute atomic E-state index is 0.167. The van der Waals surface area contributed by atoms with Gasteiger partial charge in [-0.25, -0.2) is 9.07 Å². The molecule has 0 saturated carbocycles. The third kappa shape index (κ3) is 5.10. The number of aromatic nitrogens is 3. The van der Waals surface area contributed by atoms with Gasteiger partial charge in [-0.05, 0) is 55.3 Å². The Morgan fingerprint density at radius 2 is 1.80 bits per heavy atom. The Bertz CT molecular complexity index is 1670. The smallest absolute Gasteiger partial charge is 0.353 e. The molecule has 4 aromatic rings. The van der Waals surface area contributed by atoms with Gasteiger partial charge in [-0.3, -0.25) is 9.78 Å². The largest absolute Gasteiger partial charge is 0.419 e. The van der Waals surface area contributed by atoms with E-state index in [-0.39, 0.29) is 11.1 Å². The van der Waals surface area contributed by atoms with Gasteiger partial charge in [0.1, 0.15) is 17.7 Å². The van der Waals surface area contributed by atoms with Crippen LogP contribution >= 0.6 is 0 Å². The van der Waals surface area contributed by atoms with Crippen LogP contribution in [0.2, 0.25) is 0 Å². The molecular weight excluding hydrogens is 538 g/mol. The Morgan fingerprint density at radius 1 is 1.02 bits per heavy atom. The van der Waals surface area contributed by atoms with Crippen LogP contribution in [0.15, 0.2) is 72.2 Å². The fourth-order valence-electron chi connectivity index (χ4n) is 5.34. The molecule has 0 bridgehead atoms. The van der Waals surface area contributed by atoms with Gasteiger partial charge in [0, 0.05) is 61.4 Å². The van der Waals surface area contributed by atoms with E-state index in [4.69, 9.17) is 5.10 Å². The van der Waals surface area contributed by atoms with E-state index in [2.05, 4.69) is 25.4 Å². The first kappa shape index (κ1) is 26.8. The average molecular weight is 566 g/mol. The zero-order valence-corrected chi connectivity index (χ0v) is 22.3. The summed E-state index contributed by atoms with van der Waals surface area (Å²) in [5.41, 5.74) is 0.0112. The lowest BCUT2D eigenvalue weighted by Crippen LogP contribution is -2.44. The molecule has 0 radical (unpaired) electrons. The van der Waals surface area contributed by atoms with Gasteiger partial charge in [0.05, 0.1) is 11.1 Å². The molecule has 212 valence electrons. The van der Waals surface area contributed by atoms with Crippen molar-refractivity contribution in [1.82, 2.24) is 19.7 Å². The molecule has 2 aromatic carbocycles. The van der Waals surface area contributed by atoms with Gasteiger partial charge in [-0.2, -0.15) is 18.3 Å². The second kappa shape index (κ2) is 10.2. The molecule has 2 aromatic heterocycles. The number of amides is 1. The zero-order valence-electron chi connectivity index (χ0n) is 22.3. The molecule has 1 atom stereocenters. The lowest BCUT2D eigenvalue weighted by Gasteiger charge is -2.32. The van der Waals surface area contributed by atoms with Crippen LogP contribution in [0.3, 0.4) is 0 Å². The number of nitrogens with zero attached hydrogens (tertiary/aromatic N) is 5. The number of hydrogen-bond donors (Lipinski definition) is 2. The summed E-state index contributed by atoms with van der Waals surface area (Å²) in [5.74, 6) is -0.690. The molecule has 4 heterocycles. The molecular formula is C29H27F4N7O. The number of pyridine rings is 1. The maximum atomic E-state index is 14.8. The van der Waals surface area contributed by atoms with E-state index in [0.29, 0.717) is 29.1 Å². The first-order valence-corrected chi connectivity index (χ1v) is 13.1. The number of benzene rings is 2. The summed E-state index contributed by atoms with van der Waals surface area (Å²) in [5, 5.41) is 12.7. The van der Waals surface area contributed by atoms with E-state index < -0.39 is 29.5 Å². The minimum Gasteiger partial charge on any atom is -0.353 e. The van der Waals surface area contributed by atoms with Crippen LogP contribution in [0.4, 0.5) is 34.9 Å². The molecule has 0 spiro atoms. The van der Waals surface area contributed by atoms with Crippen molar-refractivity contribution in [3.63, 3.8) is 0 Å². The lowest BCUT2D eigenvalue weighted by molar-refractivity contribution is -0.140. The molecule has 1 fully saturated rings. The lowest BCUT2D eigenvalue weighted by atomic mass is 9.93. The van der Waals surface area contributed by atoms with E-state index >= 15 is 0 Å². The maximum Gasteiger partial charge on any atom is 0.419 e. The third-order valence-corrected chi connectivity index (χ3v) is 7.55. The van der Waals surface area contributed by atoms with Gasteiger partial charge in [0.15, 0.2) is 5.82 Å². The van der Waals surface area contributed by atoms with Crippen molar-refractivity contribution in [1.29, 1.82) is 0 Å². The third-order valence-electron chi connectivity index (χ3n) is 7.55. The Kier molecular flexibility index (Phi) is 6.65. The van der Waals surface area contributed by atoms with Crippen molar-refractivity contribution in [2.75, 3.05) is 48.8 Å². The summed E-state index contributed by atoms with van der Waals surface area (Å²) >= 11 is 0. The molecule has 6 rings (SSSR count). The summed E-state index contributed by atoms with van der Waals surface area (Å²) in [6, 6.07) is 10.8.